The van der Waals surface area contributed by atoms with E-state index in [0.717, 1.165) is 6.26 Å². The van der Waals surface area contributed by atoms with Crippen molar-refractivity contribution in [2.45, 2.75) is 4.90 Å². The van der Waals surface area contributed by atoms with Gasteiger partial charge in [-0.05, 0) is 36.4 Å². The number of anilines is 1. The van der Waals surface area contributed by atoms with E-state index in [-0.39, 0.29) is 20.5 Å². The van der Waals surface area contributed by atoms with E-state index in [0.29, 0.717) is 5.69 Å². The molecule has 0 bridgehead atoms. The lowest BCUT2D eigenvalue weighted by atomic mass is 10.2. The largest absolute Gasteiger partial charge is 0.452 e. The number of nitrogens with one attached hydrogen (secondary N) is 1. The van der Waals surface area contributed by atoms with E-state index in [9.17, 15) is 18.0 Å². The fourth-order valence-corrected chi connectivity index (χ4v) is 2.82. The van der Waals surface area contributed by atoms with E-state index in [1.165, 1.54) is 24.3 Å². The predicted molar refractivity (Wildman–Crippen MR) is 94.9 cm³/mol. The highest BCUT2D eigenvalue weighted by atomic mass is 35.5. The Morgan fingerprint density at radius 3 is 2.32 bits per heavy atom. The summed E-state index contributed by atoms with van der Waals surface area (Å²) in [5.74, 6) is -1.35. The Hall–Kier alpha value is -2.09. The van der Waals surface area contributed by atoms with Crippen LogP contribution < -0.4 is 5.32 Å². The maximum Gasteiger partial charge on any atom is 0.338 e. The van der Waals surface area contributed by atoms with Crippen molar-refractivity contribution in [1.82, 2.24) is 0 Å². The van der Waals surface area contributed by atoms with Crippen molar-refractivity contribution in [1.29, 1.82) is 0 Å². The number of rotatable bonds is 5. The minimum atomic E-state index is -3.35. The molecule has 0 fully saturated rings. The van der Waals surface area contributed by atoms with Crippen LogP contribution in [0.1, 0.15) is 10.4 Å². The molecule has 0 atom stereocenters. The molecule has 132 valence electrons. The van der Waals surface area contributed by atoms with Crippen LogP contribution in [-0.4, -0.2) is 33.2 Å². The standard InChI is InChI=1S/C16H13Cl2NO5S/c1-25(22,23)11-7-5-10(6-8-11)16(21)24-9-14(20)19-13-4-2-3-12(17)15(13)18/h2-8H,9H2,1H3,(H,19,20). The molecule has 0 aliphatic rings. The number of ether oxygens (including phenoxy) is 1. The SMILES string of the molecule is CS(=O)(=O)c1ccc(C(=O)OCC(=O)Nc2cccc(Cl)c2Cl)cc1. The van der Waals surface area contributed by atoms with Crippen molar-refractivity contribution in [3.05, 3.63) is 58.1 Å². The van der Waals surface area contributed by atoms with Gasteiger partial charge >= 0.3 is 5.97 Å². The highest BCUT2D eigenvalue weighted by molar-refractivity contribution is 7.90. The summed E-state index contributed by atoms with van der Waals surface area (Å²) >= 11 is 11.8. The van der Waals surface area contributed by atoms with Crippen molar-refractivity contribution in [3.8, 4) is 0 Å². The molecule has 25 heavy (non-hydrogen) atoms. The van der Waals surface area contributed by atoms with Crippen LogP contribution in [0.3, 0.4) is 0 Å². The van der Waals surface area contributed by atoms with Crippen molar-refractivity contribution in [2.75, 3.05) is 18.2 Å². The fourth-order valence-electron chi connectivity index (χ4n) is 1.84. The number of amides is 1. The first-order valence-corrected chi connectivity index (χ1v) is 9.54. The van der Waals surface area contributed by atoms with Crippen LogP contribution in [0.25, 0.3) is 0 Å². The highest BCUT2D eigenvalue weighted by Crippen LogP contribution is 2.29. The summed E-state index contributed by atoms with van der Waals surface area (Å²) in [6.07, 6.45) is 1.06. The third-order valence-corrected chi connectivity index (χ3v) is 5.03. The average Bonchev–Trinajstić information content (AvgIpc) is 2.56. The minimum absolute atomic E-state index is 0.0809. The molecule has 0 aliphatic heterocycles. The Morgan fingerprint density at radius 1 is 1.08 bits per heavy atom. The molecule has 0 unspecified atom stereocenters. The normalized spacial score (nSPS) is 11.0. The van der Waals surface area contributed by atoms with Crippen molar-refractivity contribution >= 4 is 50.6 Å². The lowest BCUT2D eigenvalue weighted by Gasteiger charge is -2.09. The average molecular weight is 402 g/mol. The van der Waals surface area contributed by atoms with Gasteiger partial charge in [0.05, 0.1) is 26.2 Å². The lowest BCUT2D eigenvalue weighted by molar-refractivity contribution is -0.119. The molecule has 0 heterocycles. The van der Waals surface area contributed by atoms with E-state index in [4.69, 9.17) is 27.9 Å². The summed E-state index contributed by atoms with van der Waals surface area (Å²) in [4.78, 5) is 23.8. The molecule has 1 amide bonds. The molecule has 1 N–H and O–H groups in total. The van der Waals surface area contributed by atoms with E-state index in [1.54, 1.807) is 18.2 Å². The van der Waals surface area contributed by atoms with E-state index >= 15 is 0 Å². The summed E-state index contributed by atoms with van der Waals surface area (Å²) in [6, 6.07) is 9.93. The molecule has 0 aromatic heterocycles. The molecule has 6 nitrogen and oxygen atoms in total. The summed E-state index contributed by atoms with van der Waals surface area (Å²) in [5, 5.41) is 2.94. The second-order valence-electron chi connectivity index (χ2n) is 5.02. The van der Waals surface area contributed by atoms with Gasteiger partial charge < -0.3 is 10.1 Å². The molecule has 0 spiro atoms. The number of hydrogen-bond acceptors (Lipinski definition) is 5. The number of halogens is 2. The van der Waals surface area contributed by atoms with Gasteiger partial charge in [-0.15, -0.1) is 0 Å². The molecule has 0 saturated carbocycles. The third kappa shape index (κ3) is 5.19. The quantitative estimate of drug-likeness (QED) is 0.776. The predicted octanol–water partition coefficient (Wildman–Crippen LogP) is 3.19. The molecule has 2 aromatic rings. The Morgan fingerprint density at radius 2 is 1.72 bits per heavy atom. The monoisotopic (exact) mass is 401 g/mol. The third-order valence-electron chi connectivity index (χ3n) is 3.08. The zero-order valence-corrected chi connectivity index (χ0v) is 15.3. The summed E-state index contributed by atoms with van der Waals surface area (Å²) in [5.41, 5.74) is 0.425. The molecule has 2 rings (SSSR count). The molecule has 0 radical (unpaired) electrons. The van der Waals surface area contributed by atoms with Crippen LogP contribution in [0.4, 0.5) is 5.69 Å². The van der Waals surface area contributed by atoms with Gasteiger partial charge in [0.25, 0.3) is 5.91 Å². The van der Waals surface area contributed by atoms with E-state index in [2.05, 4.69) is 5.32 Å². The van der Waals surface area contributed by atoms with Crippen molar-refractivity contribution < 1.29 is 22.7 Å². The van der Waals surface area contributed by atoms with Gasteiger partial charge in [0.1, 0.15) is 0 Å². The van der Waals surface area contributed by atoms with Gasteiger partial charge in [0, 0.05) is 6.26 Å². The van der Waals surface area contributed by atoms with Crippen molar-refractivity contribution in [2.24, 2.45) is 0 Å². The van der Waals surface area contributed by atoms with Gasteiger partial charge in [-0.3, -0.25) is 4.79 Å². The first-order chi connectivity index (χ1) is 11.7. The van der Waals surface area contributed by atoms with Gasteiger partial charge in [-0.2, -0.15) is 0 Å². The van der Waals surface area contributed by atoms with Gasteiger partial charge in [0.15, 0.2) is 16.4 Å². The Kier molecular flexibility index (Phi) is 6.05. The molecule has 9 heteroatoms. The molecule has 0 aliphatic carbocycles. The summed E-state index contributed by atoms with van der Waals surface area (Å²) in [6.45, 7) is -0.532. The van der Waals surface area contributed by atoms with Crippen LogP contribution >= 0.6 is 23.2 Å². The Balaban J connectivity index is 1.95. The first-order valence-electron chi connectivity index (χ1n) is 6.89. The zero-order chi connectivity index (χ0) is 18.6. The van der Waals surface area contributed by atoms with Crippen LogP contribution in [0.15, 0.2) is 47.4 Å². The molecular formula is C16H13Cl2NO5S. The zero-order valence-electron chi connectivity index (χ0n) is 13.0. The molecular weight excluding hydrogens is 389 g/mol. The number of benzene rings is 2. The van der Waals surface area contributed by atoms with Crippen LogP contribution in [0, 0.1) is 0 Å². The molecule has 2 aromatic carbocycles. The smallest absolute Gasteiger partial charge is 0.338 e. The minimum Gasteiger partial charge on any atom is -0.452 e. The first kappa shape index (κ1) is 19.2. The maximum absolute atomic E-state index is 11.9. The number of esters is 1. The second-order valence-corrected chi connectivity index (χ2v) is 7.82. The summed E-state index contributed by atoms with van der Waals surface area (Å²) < 4.78 is 27.6. The van der Waals surface area contributed by atoms with E-state index in [1.807, 2.05) is 0 Å². The number of carbonyl (C=O) groups is 2. The number of carbonyl (C=O) groups excluding carboxylic acids is 2. The fraction of sp³-hybridized carbons (Fsp3) is 0.125. The number of hydrogen-bond donors (Lipinski definition) is 1. The van der Waals surface area contributed by atoms with Crippen LogP contribution in [-0.2, 0) is 19.4 Å². The van der Waals surface area contributed by atoms with Gasteiger partial charge in [-0.25, -0.2) is 13.2 Å². The molecule has 0 saturated heterocycles. The van der Waals surface area contributed by atoms with E-state index < -0.39 is 28.3 Å². The second kappa shape index (κ2) is 7.86. The summed E-state index contributed by atoms with van der Waals surface area (Å²) in [7, 11) is -3.35. The Bertz CT molecular complexity index is 911. The van der Waals surface area contributed by atoms with Crippen LogP contribution in [0.5, 0.6) is 0 Å². The lowest BCUT2D eigenvalue weighted by Crippen LogP contribution is -2.21. The van der Waals surface area contributed by atoms with Crippen LogP contribution in [0.2, 0.25) is 10.0 Å². The maximum atomic E-state index is 11.9. The van der Waals surface area contributed by atoms with Crippen molar-refractivity contribution in [3.63, 3.8) is 0 Å². The van der Waals surface area contributed by atoms with Gasteiger partial charge in [-0.1, -0.05) is 29.3 Å². The topological polar surface area (TPSA) is 89.5 Å². The number of sulfone groups is 1. The van der Waals surface area contributed by atoms with Gasteiger partial charge in [0.2, 0.25) is 0 Å². The highest BCUT2D eigenvalue weighted by Gasteiger charge is 2.14. The Labute approximate surface area is 154 Å².